The molecule has 0 aliphatic heterocycles. The molecule has 1 rings (SSSR count). The van der Waals surface area contributed by atoms with Gasteiger partial charge in [0.1, 0.15) is 0 Å². The summed E-state index contributed by atoms with van der Waals surface area (Å²) < 4.78 is 0. The second-order valence-corrected chi connectivity index (χ2v) is 3.69. The zero-order valence-electron chi connectivity index (χ0n) is 7.81. The normalized spacial score (nSPS) is 9.93. The molecule has 0 saturated carbocycles. The highest BCUT2D eigenvalue weighted by Gasteiger charge is 2.07. The number of hydrogen-bond donors (Lipinski definition) is 1. The first-order chi connectivity index (χ1) is 6.65. The second kappa shape index (κ2) is 5.23. The van der Waals surface area contributed by atoms with Crippen molar-refractivity contribution in [2.45, 2.75) is 12.8 Å². The number of carbonyl (C=O) groups is 1. The number of hydrogen-bond acceptors (Lipinski definition) is 1. The van der Waals surface area contributed by atoms with Gasteiger partial charge in [-0.15, -0.1) is 0 Å². The van der Waals surface area contributed by atoms with Crippen LogP contribution in [0.2, 0.25) is 10.0 Å². The molecule has 1 N–H and O–H groups in total. The highest BCUT2D eigenvalue weighted by Crippen LogP contribution is 2.25. The number of halogens is 2. The summed E-state index contributed by atoms with van der Waals surface area (Å²) in [5, 5.41) is 3.77. The first kappa shape index (κ1) is 11.3. The van der Waals surface area contributed by atoms with Gasteiger partial charge in [-0.1, -0.05) is 29.3 Å². The maximum atomic E-state index is 11.0. The Bertz CT molecular complexity index is 319. The van der Waals surface area contributed by atoms with Crippen LogP contribution in [0.25, 0.3) is 0 Å². The molecule has 0 fully saturated rings. The van der Waals surface area contributed by atoms with Crippen LogP contribution in [0, 0.1) is 0 Å². The summed E-state index contributed by atoms with van der Waals surface area (Å²) in [7, 11) is 1.61. The highest BCUT2D eigenvalue weighted by atomic mass is 35.5. The zero-order valence-corrected chi connectivity index (χ0v) is 9.32. The van der Waals surface area contributed by atoms with Crippen molar-refractivity contribution in [2.24, 2.45) is 0 Å². The fourth-order valence-electron chi connectivity index (χ4n) is 1.13. The smallest absolute Gasteiger partial charge is 0.220 e. The van der Waals surface area contributed by atoms with Crippen LogP contribution in [0.15, 0.2) is 18.2 Å². The Morgan fingerprint density at radius 1 is 1.36 bits per heavy atom. The van der Waals surface area contributed by atoms with E-state index in [1.54, 1.807) is 25.2 Å². The van der Waals surface area contributed by atoms with E-state index in [1.165, 1.54) is 0 Å². The van der Waals surface area contributed by atoms with Gasteiger partial charge in [0.05, 0.1) is 0 Å². The number of benzene rings is 1. The van der Waals surface area contributed by atoms with Gasteiger partial charge in [0.15, 0.2) is 0 Å². The van der Waals surface area contributed by atoms with Gasteiger partial charge < -0.3 is 5.32 Å². The molecule has 1 amide bonds. The SMILES string of the molecule is CNC(=O)CCc1c(Cl)cccc1Cl. The third-order valence-corrected chi connectivity index (χ3v) is 2.65. The average Bonchev–Trinajstić information content (AvgIpc) is 2.16. The first-order valence-corrected chi connectivity index (χ1v) is 5.04. The summed E-state index contributed by atoms with van der Waals surface area (Å²) in [4.78, 5) is 11.0. The molecule has 0 heterocycles. The van der Waals surface area contributed by atoms with E-state index in [0.29, 0.717) is 22.9 Å². The van der Waals surface area contributed by atoms with Crippen molar-refractivity contribution < 1.29 is 4.79 Å². The molecule has 0 radical (unpaired) electrons. The molecule has 0 aromatic heterocycles. The van der Waals surface area contributed by atoms with Crippen LogP contribution < -0.4 is 5.32 Å². The molecule has 0 aliphatic rings. The maximum absolute atomic E-state index is 11.0. The minimum Gasteiger partial charge on any atom is -0.359 e. The van der Waals surface area contributed by atoms with Crippen molar-refractivity contribution in [3.63, 3.8) is 0 Å². The lowest BCUT2D eigenvalue weighted by atomic mass is 10.1. The summed E-state index contributed by atoms with van der Waals surface area (Å²) in [6.45, 7) is 0. The molecular weight excluding hydrogens is 221 g/mol. The molecular formula is C10H11Cl2NO. The molecule has 0 unspecified atom stereocenters. The van der Waals surface area contributed by atoms with E-state index in [1.807, 2.05) is 0 Å². The molecule has 1 aromatic rings. The van der Waals surface area contributed by atoms with Crippen molar-refractivity contribution in [3.8, 4) is 0 Å². The minimum atomic E-state index is -0.0130. The summed E-state index contributed by atoms with van der Waals surface area (Å²) in [5.74, 6) is -0.0130. The number of amides is 1. The Labute approximate surface area is 93.2 Å². The quantitative estimate of drug-likeness (QED) is 0.852. The van der Waals surface area contributed by atoms with Crippen molar-refractivity contribution in [1.29, 1.82) is 0 Å². The topological polar surface area (TPSA) is 29.1 Å². The van der Waals surface area contributed by atoms with E-state index in [2.05, 4.69) is 5.32 Å². The van der Waals surface area contributed by atoms with E-state index in [-0.39, 0.29) is 5.91 Å². The van der Waals surface area contributed by atoms with Crippen molar-refractivity contribution >= 4 is 29.1 Å². The fraction of sp³-hybridized carbons (Fsp3) is 0.300. The number of nitrogens with one attached hydrogen (secondary N) is 1. The van der Waals surface area contributed by atoms with Gasteiger partial charge in [0.2, 0.25) is 5.91 Å². The second-order valence-electron chi connectivity index (χ2n) is 2.87. The molecule has 1 aromatic carbocycles. The van der Waals surface area contributed by atoms with Crippen molar-refractivity contribution in [2.75, 3.05) is 7.05 Å². The lowest BCUT2D eigenvalue weighted by molar-refractivity contribution is -0.120. The molecule has 0 atom stereocenters. The van der Waals surface area contributed by atoms with Crippen LogP contribution >= 0.6 is 23.2 Å². The molecule has 76 valence electrons. The molecule has 0 spiro atoms. The van der Waals surface area contributed by atoms with E-state index < -0.39 is 0 Å². The largest absolute Gasteiger partial charge is 0.359 e. The lowest BCUT2D eigenvalue weighted by Gasteiger charge is -2.05. The molecule has 4 heteroatoms. The fourth-order valence-corrected chi connectivity index (χ4v) is 1.72. The summed E-state index contributed by atoms with van der Waals surface area (Å²) in [5.41, 5.74) is 0.833. The molecule has 2 nitrogen and oxygen atoms in total. The molecule has 0 bridgehead atoms. The average molecular weight is 232 g/mol. The Hall–Kier alpha value is -0.730. The Morgan fingerprint density at radius 3 is 2.43 bits per heavy atom. The predicted octanol–water partition coefficient (Wildman–Crippen LogP) is 2.67. The van der Waals surface area contributed by atoms with Crippen molar-refractivity contribution in [1.82, 2.24) is 5.32 Å². The van der Waals surface area contributed by atoms with E-state index >= 15 is 0 Å². The molecule has 0 aliphatic carbocycles. The van der Waals surface area contributed by atoms with Gasteiger partial charge >= 0.3 is 0 Å². The van der Waals surface area contributed by atoms with Crippen LogP contribution in [0.3, 0.4) is 0 Å². The van der Waals surface area contributed by atoms with E-state index in [9.17, 15) is 4.79 Å². The van der Waals surface area contributed by atoms with Crippen LogP contribution in [0.5, 0.6) is 0 Å². The van der Waals surface area contributed by atoms with Gasteiger partial charge in [-0.3, -0.25) is 4.79 Å². The van der Waals surface area contributed by atoms with Crippen LogP contribution in [0.4, 0.5) is 0 Å². The molecule has 14 heavy (non-hydrogen) atoms. The summed E-state index contributed by atoms with van der Waals surface area (Å²) in [6, 6.07) is 5.33. The van der Waals surface area contributed by atoms with E-state index in [4.69, 9.17) is 23.2 Å². The Balaban J connectivity index is 2.71. The Kier molecular flexibility index (Phi) is 4.23. The first-order valence-electron chi connectivity index (χ1n) is 4.28. The standard InChI is InChI=1S/C10H11Cl2NO/c1-13-10(14)6-5-7-8(11)3-2-4-9(7)12/h2-4H,5-6H2,1H3,(H,13,14). The Morgan fingerprint density at radius 2 is 1.93 bits per heavy atom. The minimum absolute atomic E-state index is 0.0130. The van der Waals surface area contributed by atoms with Crippen LogP contribution in [-0.4, -0.2) is 13.0 Å². The number of carbonyl (C=O) groups excluding carboxylic acids is 1. The predicted molar refractivity (Wildman–Crippen MR) is 58.8 cm³/mol. The van der Waals surface area contributed by atoms with Gasteiger partial charge in [-0.2, -0.15) is 0 Å². The lowest BCUT2D eigenvalue weighted by Crippen LogP contribution is -2.18. The number of rotatable bonds is 3. The summed E-state index contributed by atoms with van der Waals surface area (Å²) >= 11 is 11.9. The van der Waals surface area contributed by atoms with Gasteiger partial charge in [0, 0.05) is 23.5 Å². The maximum Gasteiger partial charge on any atom is 0.220 e. The van der Waals surface area contributed by atoms with Crippen LogP contribution in [0.1, 0.15) is 12.0 Å². The van der Waals surface area contributed by atoms with Gasteiger partial charge in [-0.25, -0.2) is 0 Å². The third-order valence-electron chi connectivity index (χ3n) is 1.94. The van der Waals surface area contributed by atoms with Crippen LogP contribution in [-0.2, 0) is 11.2 Å². The monoisotopic (exact) mass is 231 g/mol. The summed E-state index contributed by atoms with van der Waals surface area (Å²) in [6.07, 6.45) is 0.970. The van der Waals surface area contributed by atoms with Gasteiger partial charge in [-0.05, 0) is 24.1 Å². The third kappa shape index (κ3) is 2.89. The van der Waals surface area contributed by atoms with Crippen molar-refractivity contribution in [3.05, 3.63) is 33.8 Å². The zero-order chi connectivity index (χ0) is 10.6. The molecule has 0 saturated heterocycles. The van der Waals surface area contributed by atoms with Gasteiger partial charge in [0.25, 0.3) is 0 Å². The highest BCUT2D eigenvalue weighted by molar-refractivity contribution is 6.36. The van der Waals surface area contributed by atoms with E-state index in [0.717, 1.165) is 5.56 Å².